The maximum atomic E-state index is 4.96. The van der Waals surface area contributed by atoms with Gasteiger partial charge in [-0.2, -0.15) is 0 Å². The molecule has 0 N–H and O–H groups in total. The van der Waals surface area contributed by atoms with Crippen molar-refractivity contribution in [2.24, 2.45) is 0 Å². The predicted molar refractivity (Wildman–Crippen MR) is 109 cm³/mol. The second kappa shape index (κ2) is 22.0. The Hall–Kier alpha value is -0.170. The van der Waals surface area contributed by atoms with Gasteiger partial charge in [-0.3, -0.25) is 0 Å². The minimum absolute atomic E-state index is 0.514. The van der Waals surface area contributed by atoms with Crippen LogP contribution in [0.4, 0.5) is 0 Å². The fourth-order valence-corrected chi connectivity index (χ4v) is 1.50. The molecular formula is C10H30B6O14. The third-order valence-electron chi connectivity index (χ3n) is 2.81. The van der Waals surface area contributed by atoms with Crippen LogP contribution in [-0.4, -0.2) is 115 Å². The number of hydrogen-bond donors (Lipinski definition) is 0. The molecule has 172 valence electrons. The average Bonchev–Trinajstić information content (AvgIpc) is 2.81. The third kappa shape index (κ3) is 15.6. The third-order valence-corrected chi connectivity index (χ3v) is 2.81. The van der Waals surface area contributed by atoms with Gasteiger partial charge in [0.25, 0.3) is 0 Å². The maximum absolute atomic E-state index is 4.96. The van der Waals surface area contributed by atoms with E-state index in [1.54, 1.807) is 0 Å². The molecular weight excluding hydrogens is 409 g/mol. The van der Waals surface area contributed by atoms with Gasteiger partial charge in [0.05, 0.1) is 0 Å². The predicted octanol–water partition coefficient (Wildman–Crippen LogP) is -1.59. The van der Waals surface area contributed by atoms with Crippen LogP contribution in [0.3, 0.4) is 0 Å². The van der Waals surface area contributed by atoms with Gasteiger partial charge in [0.1, 0.15) is 0 Å². The van der Waals surface area contributed by atoms with Crippen LogP contribution in [0, 0.1) is 0 Å². The monoisotopic (exact) mass is 440 g/mol. The summed E-state index contributed by atoms with van der Waals surface area (Å²) in [5.41, 5.74) is 0. The summed E-state index contributed by atoms with van der Waals surface area (Å²) >= 11 is 0. The summed E-state index contributed by atoms with van der Waals surface area (Å²) in [5.74, 6) is 0. The highest BCUT2D eigenvalue weighted by molar-refractivity contribution is 6.66. The molecule has 1 saturated heterocycles. The molecule has 0 unspecified atom stereocenters. The molecule has 14 nitrogen and oxygen atoms in total. The fraction of sp³-hybridized carbons (Fsp3) is 1.00. The molecule has 0 amide bonds. The topological polar surface area (TPSA) is 129 Å². The summed E-state index contributed by atoms with van der Waals surface area (Å²) in [6, 6.07) is 0. The van der Waals surface area contributed by atoms with Crippen molar-refractivity contribution in [3.8, 4) is 0 Å². The van der Waals surface area contributed by atoms with Crippen molar-refractivity contribution in [3.63, 3.8) is 0 Å². The largest absolute Gasteiger partial charge is 0.638 e. The quantitative estimate of drug-likeness (QED) is 0.324. The van der Waals surface area contributed by atoms with Gasteiger partial charge in [0, 0.05) is 71.1 Å². The lowest BCUT2D eigenvalue weighted by molar-refractivity contribution is 0.0958. The standard InChI is InChI=1S/C4H12B2O5.C3H9B3O6.C3H9BO3/c1-7-5(8-2)11-6(9-3)10-4;1-7-4-10-5(8-2)12-6(9-3)11-4;1-5-4(6-2)7-3/h1-4H3;1-3H3;1-3H3. The van der Waals surface area contributed by atoms with E-state index in [-0.39, 0.29) is 0 Å². The Bertz CT molecular complexity index is 308. The molecule has 0 radical (unpaired) electrons. The fourth-order valence-electron chi connectivity index (χ4n) is 1.50. The summed E-state index contributed by atoms with van der Waals surface area (Å²) in [7, 11) is 10.2. The van der Waals surface area contributed by atoms with Gasteiger partial charge >= 0.3 is 43.9 Å². The van der Waals surface area contributed by atoms with Crippen LogP contribution in [0.5, 0.6) is 0 Å². The van der Waals surface area contributed by atoms with E-state index in [0.717, 1.165) is 0 Å². The first-order chi connectivity index (χ1) is 14.4. The number of rotatable bonds is 12. The summed E-state index contributed by atoms with van der Waals surface area (Å²) in [5, 5.41) is 0. The Morgan fingerprint density at radius 1 is 0.400 bits per heavy atom. The van der Waals surface area contributed by atoms with E-state index in [0.29, 0.717) is 0 Å². The van der Waals surface area contributed by atoms with Crippen LogP contribution in [0.25, 0.3) is 0 Å². The molecule has 0 aliphatic carbocycles. The molecule has 20 heteroatoms. The van der Waals surface area contributed by atoms with E-state index in [1.165, 1.54) is 71.1 Å². The summed E-state index contributed by atoms with van der Waals surface area (Å²) in [6.07, 6.45) is 0. The van der Waals surface area contributed by atoms with Gasteiger partial charge in [-0.15, -0.1) is 0 Å². The van der Waals surface area contributed by atoms with Crippen LogP contribution in [0.2, 0.25) is 0 Å². The zero-order valence-electron chi connectivity index (χ0n) is 19.2. The molecule has 0 aromatic rings. The van der Waals surface area contributed by atoms with Gasteiger partial charge in [-0.1, -0.05) is 0 Å². The van der Waals surface area contributed by atoms with E-state index >= 15 is 0 Å². The van der Waals surface area contributed by atoms with Crippen molar-refractivity contribution in [3.05, 3.63) is 0 Å². The Labute approximate surface area is 180 Å². The van der Waals surface area contributed by atoms with E-state index in [4.69, 9.17) is 50.9 Å². The van der Waals surface area contributed by atoms with Crippen molar-refractivity contribution in [1.82, 2.24) is 0 Å². The molecule has 0 spiro atoms. The summed E-state index contributed by atoms with van der Waals surface area (Å²) < 4.78 is 66.8. The lowest BCUT2D eigenvalue weighted by Gasteiger charge is -2.25. The second-order valence-electron chi connectivity index (χ2n) is 4.63. The van der Waals surface area contributed by atoms with Gasteiger partial charge in [-0.05, 0) is 0 Å². The van der Waals surface area contributed by atoms with Crippen molar-refractivity contribution < 1.29 is 64.8 Å². The molecule has 0 aromatic carbocycles. The minimum atomic E-state index is -0.825. The van der Waals surface area contributed by atoms with Gasteiger partial charge in [-0.25, -0.2) is 0 Å². The van der Waals surface area contributed by atoms with Crippen molar-refractivity contribution >= 4 is 43.9 Å². The number of hydrogen-bond acceptors (Lipinski definition) is 14. The highest BCUT2D eigenvalue weighted by atomic mass is 16.9. The smallest absolute Gasteiger partial charge is 0.400 e. The average molecular weight is 439 g/mol. The molecule has 0 bridgehead atoms. The Balaban J connectivity index is 0. The Morgan fingerprint density at radius 2 is 0.633 bits per heavy atom. The Morgan fingerprint density at radius 3 is 0.767 bits per heavy atom. The molecule has 1 fully saturated rings. The molecule has 0 aromatic heterocycles. The zero-order valence-corrected chi connectivity index (χ0v) is 19.2. The lowest BCUT2D eigenvalue weighted by Crippen LogP contribution is -2.51. The first-order valence-electron chi connectivity index (χ1n) is 8.33. The highest BCUT2D eigenvalue weighted by Gasteiger charge is 2.44. The first kappa shape index (κ1) is 32.0. The second-order valence-corrected chi connectivity index (χ2v) is 4.63. The molecule has 1 rings (SSSR count). The van der Waals surface area contributed by atoms with Gasteiger partial charge < -0.3 is 64.8 Å². The SMILES string of the molecule is COB(OC)OB(OC)OC.COB(OC)OC.COB1OB(OC)OB(OC)O1. The maximum Gasteiger partial charge on any atom is 0.638 e. The van der Waals surface area contributed by atoms with Crippen molar-refractivity contribution in [2.75, 3.05) is 71.1 Å². The van der Waals surface area contributed by atoms with Crippen LogP contribution in [-0.2, 0) is 64.8 Å². The van der Waals surface area contributed by atoms with E-state index in [2.05, 4.69) is 14.0 Å². The van der Waals surface area contributed by atoms with Gasteiger partial charge in [0.15, 0.2) is 0 Å². The normalized spacial score (nSPS) is 13.2. The summed E-state index contributed by atoms with van der Waals surface area (Å²) in [4.78, 5) is 0. The summed E-state index contributed by atoms with van der Waals surface area (Å²) in [6.45, 7) is 0. The molecule has 30 heavy (non-hydrogen) atoms. The van der Waals surface area contributed by atoms with Gasteiger partial charge in [0.2, 0.25) is 0 Å². The molecule has 1 heterocycles. The Kier molecular flexibility index (Phi) is 23.5. The minimum Gasteiger partial charge on any atom is -0.400 e. The van der Waals surface area contributed by atoms with E-state index < -0.39 is 43.9 Å². The highest BCUT2D eigenvalue weighted by Crippen LogP contribution is 2.08. The van der Waals surface area contributed by atoms with Crippen molar-refractivity contribution in [2.45, 2.75) is 0 Å². The van der Waals surface area contributed by atoms with Crippen molar-refractivity contribution in [1.29, 1.82) is 0 Å². The molecule has 1 aliphatic heterocycles. The van der Waals surface area contributed by atoms with Crippen LogP contribution in [0.1, 0.15) is 0 Å². The van der Waals surface area contributed by atoms with Crippen LogP contribution < -0.4 is 0 Å². The van der Waals surface area contributed by atoms with Crippen LogP contribution in [0.15, 0.2) is 0 Å². The lowest BCUT2D eigenvalue weighted by atomic mass is 9.97. The van der Waals surface area contributed by atoms with Crippen LogP contribution >= 0.6 is 0 Å². The molecule has 1 aliphatic rings. The first-order valence-corrected chi connectivity index (χ1v) is 8.33. The molecule has 0 saturated carbocycles. The van der Waals surface area contributed by atoms with E-state index in [1.807, 2.05) is 0 Å². The zero-order chi connectivity index (χ0) is 23.4. The van der Waals surface area contributed by atoms with E-state index in [9.17, 15) is 0 Å². The molecule has 0 atom stereocenters.